The molecule has 1 amide bonds. The van der Waals surface area contributed by atoms with Gasteiger partial charge in [-0.3, -0.25) is 9.69 Å². The molecule has 1 aromatic rings. The van der Waals surface area contributed by atoms with E-state index in [1.54, 1.807) is 0 Å². The molecule has 2 aliphatic rings. The summed E-state index contributed by atoms with van der Waals surface area (Å²) in [7, 11) is 0. The molecule has 2 aliphatic heterocycles. The Labute approximate surface area is 144 Å². The molecule has 2 fully saturated rings. The predicted octanol–water partition coefficient (Wildman–Crippen LogP) is 2.66. The van der Waals surface area contributed by atoms with Gasteiger partial charge in [-0.1, -0.05) is 19.0 Å². The smallest absolute Gasteiger partial charge is 0.243 e. The van der Waals surface area contributed by atoms with Crippen molar-refractivity contribution in [2.75, 3.05) is 26.2 Å². The Morgan fingerprint density at radius 3 is 2.71 bits per heavy atom. The lowest BCUT2D eigenvalue weighted by Crippen LogP contribution is -2.47. The summed E-state index contributed by atoms with van der Waals surface area (Å²) in [4.78, 5) is 21.7. The number of carbonyl (C=O) groups excluding carboxylic acids is 1. The van der Waals surface area contributed by atoms with Crippen LogP contribution in [0.25, 0.3) is 0 Å². The Bertz CT molecular complexity index is 551. The van der Waals surface area contributed by atoms with Gasteiger partial charge in [-0.2, -0.15) is 4.98 Å². The quantitative estimate of drug-likeness (QED) is 0.847. The summed E-state index contributed by atoms with van der Waals surface area (Å²) in [5.41, 5.74) is 0. The molecule has 134 valence electrons. The van der Waals surface area contributed by atoms with Crippen LogP contribution in [-0.4, -0.2) is 52.0 Å². The molecule has 2 saturated heterocycles. The van der Waals surface area contributed by atoms with Crippen LogP contribution in [0.3, 0.4) is 0 Å². The van der Waals surface area contributed by atoms with E-state index in [2.05, 4.69) is 33.8 Å². The van der Waals surface area contributed by atoms with E-state index in [4.69, 9.17) is 4.52 Å². The second-order valence-corrected chi connectivity index (χ2v) is 7.42. The average molecular weight is 334 g/mol. The predicted molar refractivity (Wildman–Crippen MR) is 91.4 cm³/mol. The fourth-order valence-corrected chi connectivity index (χ4v) is 3.78. The summed E-state index contributed by atoms with van der Waals surface area (Å²) in [6, 6.07) is 0.0785. The highest BCUT2D eigenvalue weighted by atomic mass is 16.5. The molecule has 0 aliphatic carbocycles. The zero-order valence-corrected chi connectivity index (χ0v) is 15.2. The number of hydrogen-bond acceptors (Lipinski definition) is 5. The van der Waals surface area contributed by atoms with Crippen molar-refractivity contribution >= 4 is 5.91 Å². The maximum Gasteiger partial charge on any atom is 0.243 e. The number of aromatic nitrogens is 2. The lowest BCUT2D eigenvalue weighted by Gasteiger charge is -2.38. The van der Waals surface area contributed by atoms with Gasteiger partial charge in [0, 0.05) is 26.1 Å². The zero-order valence-electron chi connectivity index (χ0n) is 15.2. The van der Waals surface area contributed by atoms with E-state index in [1.165, 1.54) is 0 Å². The van der Waals surface area contributed by atoms with Crippen molar-refractivity contribution in [1.82, 2.24) is 19.9 Å². The molecule has 0 unspecified atom stereocenters. The van der Waals surface area contributed by atoms with Crippen LogP contribution >= 0.6 is 0 Å². The second-order valence-electron chi connectivity index (χ2n) is 7.42. The minimum Gasteiger partial charge on any atom is -0.342 e. The Morgan fingerprint density at radius 1 is 1.29 bits per heavy atom. The molecule has 6 heteroatoms. The van der Waals surface area contributed by atoms with Gasteiger partial charge in [0.05, 0.1) is 12.0 Å². The molecule has 2 atom stereocenters. The van der Waals surface area contributed by atoms with E-state index in [0.29, 0.717) is 11.8 Å². The van der Waals surface area contributed by atoms with Crippen LogP contribution in [0.5, 0.6) is 0 Å². The van der Waals surface area contributed by atoms with E-state index in [0.717, 1.165) is 70.0 Å². The highest BCUT2D eigenvalue weighted by Gasteiger charge is 2.33. The molecule has 0 spiro atoms. The molecular weight excluding hydrogens is 304 g/mol. The van der Waals surface area contributed by atoms with Crippen LogP contribution in [0.1, 0.15) is 64.2 Å². The summed E-state index contributed by atoms with van der Waals surface area (Å²) in [6.45, 7) is 10.0. The Kier molecular flexibility index (Phi) is 5.54. The van der Waals surface area contributed by atoms with E-state index < -0.39 is 0 Å². The maximum atomic E-state index is 12.9. The van der Waals surface area contributed by atoms with Crippen LogP contribution in [0, 0.1) is 11.8 Å². The highest BCUT2D eigenvalue weighted by molar-refractivity contribution is 5.79. The normalized spacial score (nSPS) is 25.0. The molecule has 0 saturated carbocycles. The largest absolute Gasteiger partial charge is 0.342 e. The molecular formula is C18H30N4O2. The number of amides is 1. The van der Waals surface area contributed by atoms with Gasteiger partial charge >= 0.3 is 0 Å². The van der Waals surface area contributed by atoms with E-state index in [1.807, 2.05) is 6.92 Å². The molecule has 6 nitrogen and oxygen atoms in total. The Balaban J connectivity index is 1.60. The monoisotopic (exact) mass is 334 g/mol. The number of aryl methyl sites for hydroxylation is 1. The topological polar surface area (TPSA) is 62.5 Å². The minimum atomic E-state index is 0.0785. The Morgan fingerprint density at radius 2 is 2.04 bits per heavy atom. The van der Waals surface area contributed by atoms with Gasteiger partial charge in [-0.15, -0.1) is 0 Å². The van der Waals surface area contributed by atoms with Gasteiger partial charge in [0.15, 0.2) is 5.82 Å². The molecule has 1 aromatic heterocycles. The zero-order chi connectivity index (χ0) is 17.1. The first-order chi connectivity index (χ1) is 11.6. The van der Waals surface area contributed by atoms with Crippen LogP contribution < -0.4 is 0 Å². The fourth-order valence-electron chi connectivity index (χ4n) is 3.78. The second kappa shape index (κ2) is 7.64. The van der Waals surface area contributed by atoms with E-state index in [9.17, 15) is 4.79 Å². The van der Waals surface area contributed by atoms with Crippen molar-refractivity contribution < 1.29 is 9.32 Å². The summed E-state index contributed by atoms with van der Waals surface area (Å²) in [6.07, 6.45) is 5.11. The first-order valence-electron chi connectivity index (χ1n) is 9.43. The number of hydrogen-bond donors (Lipinski definition) is 0. The van der Waals surface area contributed by atoms with Crippen LogP contribution in [0.4, 0.5) is 0 Å². The fraction of sp³-hybridized carbons (Fsp3) is 0.833. The molecule has 3 rings (SSSR count). The van der Waals surface area contributed by atoms with Crippen molar-refractivity contribution in [3.05, 3.63) is 11.7 Å². The lowest BCUT2D eigenvalue weighted by molar-refractivity contribution is -0.139. The first-order valence-corrected chi connectivity index (χ1v) is 9.43. The maximum absolute atomic E-state index is 12.9. The van der Waals surface area contributed by atoms with Crippen molar-refractivity contribution in [2.24, 2.45) is 11.8 Å². The summed E-state index contributed by atoms with van der Waals surface area (Å²) in [5, 5.41) is 4.00. The molecule has 0 radical (unpaired) electrons. The van der Waals surface area contributed by atoms with Gasteiger partial charge in [-0.25, -0.2) is 0 Å². The number of nitrogens with zero attached hydrogens (tertiary/aromatic N) is 4. The molecule has 3 heterocycles. The minimum absolute atomic E-state index is 0.0785. The van der Waals surface area contributed by atoms with Gasteiger partial charge < -0.3 is 9.42 Å². The van der Waals surface area contributed by atoms with Gasteiger partial charge in [-0.05, 0) is 45.1 Å². The van der Waals surface area contributed by atoms with Gasteiger partial charge in [0.25, 0.3) is 0 Å². The lowest BCUT2D eigenvalue weighted by atomic mass is 9.93. The highest BCUT2D eigenvalue weighted by Crippen LogP contribution is 2.28. The van der Waals surface area contributed by atoms with Crippen molar-refractivity contribution in [2.45, 2.75) is 58.9 Å². The summed E-state index contributed by atoms with van der Waals surface area (Å²) in [5.74, 6) is 2.64. The number of rotatable bonds is 4. The third kappa shape index (κ3) is 3.79. The van der Waals surface area contributed by atoms with E-state index in [-0.39, 0.29) is 12.0 Å². The van der Waals surface area contributed by atoms with Gasteiger partial charge in [0.2, 0.25) is 11.8 Å². The van der Waals surface area contributed by atoms with E-state index >= 15 is 0 Å². The number of carbonyl (C=O) groups is 1. The van der Waals surface area contributed by atoms with Crippen molar-refractivity contribution in [3.8, 4) is 0 Å². The van der Waals surface area contributed by atoms with Crippen LogP contribution in [0.15, 0.2) is 4.52 Å². The van der Waals surface area contributed by atoms with Crippen molar-refractivity contribution in [3.63, 3.8) is 0 Å². The van der Waals surface area contributed by atoms with Crippen LogP contribution in [0.2, 0.25) is 0 Å². The molecule has 24 heavy (non-hydrogen) atoms. The summed E-state index contributed by atoms with van der Waals surface area (Å²) < 4.78 is 5.40. The number of piperidine rings is 2. The first kappa shape index (κ1) is 17.4. The molecule has 0 N–H and O–H groups in total. The van der Waals surface area contributed by atoms with Crippen molar-refractivity contribution in [1.29, 1.82) is 0 Å². The molecule has 0 aromatic carbocycles. The number of likely N-dealkylation sites (tertiary alicyclic amines) is 2. The third-order valence-electron chi connectivity index (χ3n) is 5.60. The SMILES string of the molecule is CCc1noc([C@@H](C)N2CCC[C@@H](C(=O)N3CCC(C)CC3)C2)n1. The van der Waals surface area contributed by atoms with Gasteiger partial charge in [0.1, 0.15) is 0 Å². The average Bonchev–Trinajstić information content (AvgIpc) is 3.10. The summed E-state index contributed by atoms with van der Waals surface area (Å²) >= 11 is 0. The third-order valence-corrected chi connectivity index (χ3v) is 5.60. The molecule has 0 bridgehead atoms. The van der Waals surface area contributed by atoms with Crippen LogP contribution in [-0.2, 0) is 11.2 Å². The Hall–Kier alpha value is -1.43. The standard InChI is InChI=1S/C18H30N4O2/c1-4-16-19-17(24-20-16)14(3)22-9-5-6-15(12-22)18(23)21-10-7-13(2)8-11-21/h13-15H,4-12H2,1-3H3/t14-,15-/m1/s1.